The Kier molecular flexibility index (Phi) is 8.70. The first kappa shape index (κ1) is 30.5. The van der Waals surface area contributed by atoms with Crippen LogP contribution in [0.25, 0.3) is 0 Å². The summed E-state index contributed by atoms with van der Waals surface area (Å²) in [6.45, 7) is 2.44. The average molecular weight is 644 g/mol. The van der Waals surface area contributed by atoms with Crippen LogP contribution in [0.15, 0.2) is 83.8 Å². The second-order valence-corrected chi connectivity index (χ2v) is 13.9. The summed E-state index contributed by atoms with van der Waals surface area (Å²) in [5, 5.41) is 7.93. The molecule has 2 aliphatic rings. The molecule has 2 aliphatic heterocycles. The molecule has 0 aliphatic carbocycles. The number of benzene rings is 3. The number of para-hydroxylation sites is 1. The van der Waals surface area contributed by atoms with Gasteiger partial charge in [0.1, 0.15) is 5.00 Å². The second-order valence-electron chi connectivity index (χ2n) is 11.0. The van der Waals surface area contributed by atoms with Gasteiger partial charge in [0.25, 0.3) is 21.8 Å². The predicted octanol–water partition coefficient (Wildman–Crippen LogP) is 4.77. The van der Waals surface area contributed by atoms with Gasteiger partial charge < -0.3 is 10.6 Å². The van der Waals surface area contributed by atoms with E-state index in [0.717, 1.165) is 35.4 Å². The van der Waals surface area contributed by atoms with Gasteiger partial charge in [-0.2, -0.15) is 0 Å². The number of imide groups is 1. The largest absolute Gasteiger partial charge is 0.341 e. The predicted molar refractivity (Wildman–Crippen MR) is 174 cm³/mol. The number of hydrogen-bond acceptors (Lipinski definition) is 7. The number of hydrogen-bond donors (Lipinski definition) is 3. The molecule has 6 rings (SSSR count). The first-order valence-electron chi connectivity index (χ1n) is 14.7. The maximum Gasteiger partial charge on any atom is 0.321 e. The summed E-state index contributed by atoms with van der Waals surface area (Å²) in [5.41, 5.74) is 4.17. The number of rotatable bonds is 7. The normalized spacial score (nSPS) is 14.6. The van der Waals surface area contributed by atoms with Crippen LogP contribution >= 0.6 is 11.3 Å². The van der Waals surface area contributed by atoms with Crippen molar-refractivity contribution in [3.63, 3.8) is 0 Å². The SMILES string of the molecule is CNC(=O)NC(=O)c1c(NC(=O)c2ccc(S(=O)(=O)N3CCCc4ccccc43)cc2)sc2c1CCN(Cc1ccccc1)C2. The van der Waals surface area contributed by atoms with Crippen LogP contribution in [0.3, 0.4) is 0 Å². The van der Waals surface area contributed by atoms with Crippen molar-refractivity contribution >= 4 is 49.9 Å². The van der Waals surface area contributed by atoms with Gasteiger partial charge in [-0.15, -0.1) is 11.3 Å². The van der Waals surface area contributed by atoms with E-state index in [4.69, 9.17) is 0 Å². The number of sulfonamides is 1. The summed E-state index contributed by atoms with van der Waals surface area (Å²) in [5.74, 6) is -1.09. The van der Waals surface area contributed by atoms with Crippen LogP contribution in [-0.2, 0) is 36.0 Å². The van der Waals surface area contributed by atoms with E-state index in [9.17, 15) is 22.8 Å². The molecular weight excluding hydrogens is 611 g/mol. The summed E-state index contributed by atoms with van der Waals surface area (Å²) >= 11 is 1.31. The van der Waals surface area contributed by atoms with Crippen molar-refractivity contribution in [2.24, 2.45) is 0 Å². The van der Waals surface area contributed by atoms with Crippen LogP contribution in [0.5, 0.6) is 0 Å². The molecule has 0 atom stereocenters. The average Bonchev–Trinajstić information content (AvgIpc) is 3.41. The molecular formula is C33H33N5O5S2. The van der Waals surface area contributed by atoms with Crippen molar-refractivity contribution in [1.29, 1.82) is 0 Å². The number of aryl methyl sites for hydroxylation is 1. The van der Waals surface area contributed by atoms with Crippen LogP contribution in [0, 0.1) is 0 Å². The maximum atomic E-state index is 13.6. The highest BCUT2D eigenvalue weighted by atomic mass is 32.2. The molecule has 3 aromatic carbocycles. The highest BCUT2D eigenvalue weighted by Crippen LogP contribution is 2.38. The fourth-order valence-electron chi connectivity index (χ4n) is 5.82. The first-order chi connectivity index (χ1) is 21.7. The number of urea groups is 1. The lowest BCUT2D eigenvalue weighted by molar-refractivity contribution is 0.0964. The molecule has 3 heterocycles. The zero-order chi connectivity index (χ0) is 31.6. The van der Waals surface area contributed by atoms with Gasteiger partial charge in [-0.1, -0.05) is 48.5 Å². The lowest BCUT2D eigenvalue weighted by atomic mass is 10.0. The molecule has 0 fully saturated rings. The monoisotopic (exact) mass is 643 g/mol. The van der Waals surface area contributed by atoms with Crippen molar-refractivity contribution < 1.29 is 22.8 Å². The van der Waals surface area contributed by atoms with Gasteiger partial charge >= 0.3 is 6.03 Å². The third-order valence-corrected chi connectivity index (χ3v) is 11.0. The van der Waals surface area contributed by atoms with Gasteiger partial charge in [-0.05, 0) is 66.3 Å². The summed E-state index contributed by atoms with van der Waals surface area (Å²) in [6.07, 6.45) is 2.13. The number of fused-ring (bicyclic) bond motifs is 2. The third kappa shape index (κ3) is 6.35. The zero-order valence-corrected chi connectivity index (χ0v) is 26.3. The minimum absolute atomic E-state index is 0.0893. The smallest absolute Gasteiger partial charge is 0.321 e. The highest BCUT2D eigenvalue weighted by molar-refractivity contribution is 7.92. The van der Waals surface area contributed by atoms with E-state index in [-0.39, 0.29) is 16.0 Å². The number of nitrogens with zero attached hydrogens (tertiary/aromatic N) is 2. The molecule has 4 aromatic rings. The highest BCUT2D eigenvalue weighted by Gasteiger charge is 2.31. The van der Waals surface area contributed by atoms with E-state index >= 15 is 0 Å². The summed E-state index contributed by atoms with van der Waals surface area (Å²) in [7, 11) is -2.41. The standard InChI is InChI=1S/C33H33N5O5S2/c1-34-33(41)36-31(40)29-26-17-19-37(20-22-8-3-2-4-9-22)21-28(26)44-32(29)35-30(39)24-13-15-25(16-14-24)45(42,43)38-18-7-11-23-10-5-6-12-27(23)38/h2-6,8-10,12-16H,7,11,17-21H2,1H3,(H,35,39)(H2,34,36,40,41). The fraction of sp³-hybridized carbons (Fsp3) is 0.242. The first-order valence-corrected chi connectivity index (χ1v) is 17.0. The second kappa shape index (κ2) is 12.8. The van der Waals surface area contributed by atoms with Crippen molar-refractivity contribution in [3.05, 3.63) is 112 Å². The molecule has 45 heavy (non-hydrogen) atoms. The van der Waals surface area contributed by atoms with Gasteiger partial charge in [0, 0.05) is 43.7 Å². The molecule has 0 saturated carbocycles. The zero-order valence-electron chi connectivity index (χ0n) is 24.7. The van der Waals surface area contributed by atoms with Crippen molar-refractivity contribution in [2.75, 3.05) is 29.8 Å². The van der Waals surface area contributed by atoms with E-state index in [1.807, 2.05) is 42.5 Å². The molecule has 3 N–H and O–H groups in total. The summed E-state index contributed by atoms with van der Waals surface area (Å²) < 4.78 is 28.5. The van der Waals surface area contributed by atoms with Crippen LogP contribution in [0.4, 0.5) is 15.5 Å². The van der Waals surface area contributed by atoms with Gasteiger partial charge in [0.05, 0.1) is 16.1 Å². The Morgan fingerprint density at radius 3 is 2.36 bits per heavy atom. The Morgan fingerprint density at radius 1 is 0.867 bits per heavy atom. The number of thiophene rings is 1. The molecule has 0 bridgehead atoms. The van der Waals surface area contributed by atoms with Crippen LogP contribution in [-0.4, -0.2) is 51.3 Å². The molecule has 0 saturated heterocycles. The number of anilines is 2. The lowest BCUT2D eigenvalue weighted by Gasteiger charge is -2.30. The molecule has 12 heteroatoms. The Bertz CT molecular complexity index is 1860. The molecule has 4 amide bonds. The van der Waals surface area contributed by atoms with Gasteiger partial charge in [0.2, 0.25) is 0 Å². The molecule has 10 nitrogen and oxygen atoms in total. The van der Waals surface area contributed by atoms with Crippen LogP contribution < -0.4 is 20.3 Å². The number of carbonyl (C=O) groups excluding carboxylic acids is 3. The summed E-state index contributed by atoms with van der Waals surface area (Å²) in [6, 6.07) is 22.8. The molecule has 1 aromatic heterocycles. The minimum atomic E-state index is -3.83. The fourth-order valence-corrected chi connectivity index (χ4v) is 8.64. The number of nitrogens with one attached hydrogen (secondary N) is 3. The Morgan fingerprint density at radius 2 is 1.60 bits per heavy atom. The van der Waals surface area contributed by atoms with E-state index in [1.165, 1.54) is 52.5 Å². The number of amides is 4. The van der Waals surface area contributed by atoms with E-state index in [0.29, 0.717) is 36.7 Å². The Balaban J connectivity index is 1.23. The molecule has 0 radical (unpaired) electrons. The van der Waals surface area contributed by atoms with Gasteiger partial charge in [-0.25, -0.2) is 13.2 Å². The number of carbonyl (C=O) groups is 3. The van der Waals surface area contributed by atoms with Crippen molar-refractivity contribution in [2.45, 2.75) is 37.2 Å². The van der Waals surface area contributed by atoms with E-state index in [2.05, 4.69) is 33.0 Å². The van der Waals surface area contributed by atoms with Crippen LogP contribution in [0.2, 0.25) is 0 Å². The minimum Gasteiger partial charge on any atom is -0.341 e. The summed E-state index contributed by atoms with van der Waals surface area (Å²) in [4.78, 5) is 42.0. The lowest BCUT2D eigenvalue weighted by Crippen LogP contribution is -2.38. The van der Waals surface area contributed by atoms with Gasteiger partial charge in [-0.3, -0.25) is 24.1 Å². The molecule has 232 valence electrons. The molecule has 0 unspecified atom stereocenters. The maximum absolute atomic E-state index is 13.6. The van der Waals surface area contributed by atoms with Crippen LogP contribution in [0.1, 0.15) is 48.7 Å². The van der Waals surface area contributed by atoms with Gasteiger partial charge in [0.15, 0.2) is 0 Å². The van der Waals surface area contributed by atoms with Crippen molar-refractivity contribution in [3.8, 4) is 0 Å². The Labute approximate surface area is 266 Å². The quantitative estimate of drug-likeness (QED) is 0.266. The van der Waals surface area contributed by atoms with E-state index in [1.54, 1.807) is 0 Å². The molecule has 0 spiro atoms. The topological polar surface area (TPSA) is 128 Å². The Hall–Kier alpha value is -4.52. The third-order valence-electron chi connectivity index (χ3n) is 8.07. The van der Waals surface area contributed by atoms with Crippen molar-refractivity contribution in [1.82, 2.24) is 15.5 Å². The van der Waals surface area contributed by atoms with E-state index < -0.39 is 27.9 Å².